The second-order valence-corrected chi connectivity index (χ2v) is 8.55. The Labute approximate surface area is 177 Å². The number of ether oxygens (including phenoxy) is 1. The predicted octanol–water partition coefficient (Wildman–Crippen LogP) is 2.48. The maximum atomic E-state index is 14.0. The zero-order valence-corrected chi connectivity index (χ0v) is 17.5. The van der Waals surface area contributed by atoms with Crippen LogP contribution < -0.4 is 5.73 Å². The first kappa shape index (κ1) is 20.5. The lowest BCUT2D eigenvalue weighted by molar-refractivity contribution is -0.145. The summed E-state index contributed by atoms with van der Waals surface area (Å²) >= 11 is 0. The number of carbonyl (C=O) groups is 2. The van der Waals surface area contributed by atoms with E-state index in [2.05, 4.69) is 29.2 Å². The molecule has 2 aliphatic heterocycles. The summed E-state index contributed by atoms with van der Waals surface area (Å²) in [7, 11) is 0. The predicted molar refractivity (Wildman–Crippen MR) is 114 cm³/mol. The summed E-state index contributed by atoms with van der Waals surface area (Å²) in [4.78, 5) is 32.9. The van der Waals surface area contributed by atoms with Crippen LogP contribution in [0, 0.1) is 6.92 Å². The summed E-state index contributed by atoms with van der Waals surface area (Å²) in [6.45, 7) is 4.03. The number of aryl methyl sites for hydroxylation is 1. The highest BCUT2D eigenvalue weighted by molar-refractivity contribution is 5.91. The van der Waals surface area contributed by atoms with Crippen molar-refractivity contribution in [2.75, 3.05) is 26.3 Å². The molecule has 2 amide bonds. The maximum absolute atomic E-state index is 14.0. The zero-order chi connectivity index (χ0) is 21.2. The van der Waals surface area contributed by atoms with Crippen LogP contribution in [-0.4, -0.2) is 48.0 Å². The number of nitrogens with zero attached hydrogens (tertiary/aromatic N) is 2. The number of likely N-dealkylation sites (tertiary alicyclic amines) is 1. The molecule has 0 radical (unpaired) electrons. The Hall–Kier alpha value is -2.73. The molecule has 0 saturated carbocycles. The Bertz CT molecular complexity index is 907. The van der Waals surface area contributed by atoms with Crippen LogP contribution >= 0.6 is 0 Å². The third-order valence-corrected chi connectivity index (χ3v) is 6.77. The molecule has 2 aliphatic rings. The van der Waals surface area contributed by atoms with Crippen molar-refractivity contribution in [2.45, 2.75) is 43.4 Å². The summed E-state index contributed by atoms with van der Waals surface area (Å²) in [6, 6.07) is 13.7. The van der Waals surface area contributed by atoms with Gasteiger partial charge in [-0.25, -0.2) is 0 Å². The maximum Gasteiger partial charge on any atom is 0.233 e. The van der Waals surface area contributed by atoms with Gasteiger partial charge in [-0.2, -0.15) is 0 Å². The fraction of sp³-hybridized carbons (Fsp3) is 0.458. The van der Waals surface area contributed by atoms with E-state index in [4.69, 9.17) is 10.5 Å². The van der Waals surface area contributed by atoms with E-state index in [0.29, 0.717) is 51.1 Å². The topological polar surface area (TPSA) is 85.5 Å². The molecule has 158 valence electrons. The first-order valence-corrected chi connectivity index (χ1v) is 10.6. The van der Waals surface area contributed by atoms with Gasteiger partial charge < -0.3 is 15.4 Å². The van der Waals surface area contributed by atoms with Crippen LogP contribution in [0.3, 0.4) is 0 Å². The third-order valence-electron chi connectivity index (χ3n) is 6.77. The lowest BCUT2D eigenvalue weighted by Gasteiger charge is -2.45. The molecule has 6 nitrogen and oxygen atoms in total. The molecule has 6 heteroatoms. The van der Waals surface area contributed by atoms with Crippen LogP contribution in [0.5, 0.6) is 0 Å². The highest BCUT2D eigenvalue weighted by atomic mass is 16.5. The van der Waals surface area contributed by atoms with Gasteiger partial charge in [0, 0.05) is 32.5 Å². The van der Waals surface area contributed by atoms with Gasteiger partial charge in [0.15, 0.2) is 0 Å². The minimum absolute atomic E-state index is 0.0657. The Morgan fingerprint density at radius 2 is 1.77 bits per heavy atom. The van der Waals surface area contributed by atoms with E-state index in [1.165, 1.54) is 0 Å². The number of pyridine rings is 1. The fourth-order valence-electron chi connectivity index (χ4n) is 4.93. The fourth-order valence-corrected chi connectivity index (χ4v) is 4.93. The zero-order valence-electron chi connectivity index (χ0n) is 17.5. The second kappa shape index (κ2) is 8.19. The van der Waals surface area contributed by atoms with E-state index in [-0.39, 0.29) is 12.5 Å². The Balaban J connectivity index is 1.70. The number of primary amides is 1. The Morgan fingerprint density at radius 1 is 1.03 bits per heavy atom. The molecule has 4 rings (SSSR count). The molecule has 0 unspecified atom stereocenters. The van der Waals surface area contributed by atoms with Crippen molar-refractivity contribution in [3.8, 4) is 0 Å². The van der Waals surface area contributed by atoms with Gasteiger partial charge >= 0.3 is 0 Å². The highest BCUT2D eigenvalue weighted by Crippen LogP contribution is 2.40. The van der Waals surface area contributed by atoms with Crippen molar-refractivity contribution < 1.29 is 14.3 Å². The summed E-state index contributed by atoms with van der Waals surface area (Å²) in [6.07, 6.45) is 4.26. The summed E-state index contributed by atoms with van der Waals surface area (Å²) in [5.41, 5.74) is 7.15. The largest absolute Gasteiger partial charge is 0.381 e. The summed E-state index contributed by atoms with van der Waals surface area (Å²) in [5, 5.41) is 0. The molecular formula is C24H29N3O3. The van der Waals surface area contributed by atoms with E-state index >= 15 is 0 Å². The number of piperidine rings is 1. The monoisotopic (exact) mass is 407 g/mol. The lowest BCUT2D eigenvalue weighted by atomic mass is 9.71. The number of hydrogen-bond donors (Lipinski definition) is 1. The normalized spacial score (nSPS) is 23.7. The highest BCUT2D eigenvalue weighted by Gasteiger charge is 2.50. The molecule has 3 heterocycles. The number of hydrogen-bond acceptors (Lipinski definition) is 4. The number of nitrogens with two attached hydrogens (primary N) is 1. The van der Waals surface area contributed by atoms with Crippen LogP contribution in [-0.2, 0) is 25.2 Å². The van der Waals surface area contributed by atoms with Crippen LogP contribution in [0.4, 0.5) is 0 Å². The average molecular weight is 408 g/mol. The van der Waals surface area contributed by atoms with Crippen molar-refractivity contribution in [3.63, 3.8) is 0 Å². The van der Waals surface area contributed by atoms with Gasteiger partial charge in [-0.3, -0.25) is 14.6 Å². The molecule has 1 aromatic carbocycles. The minimum atomic E-state index is -0.950. The van der Waals surface area contributed by atoms with Crippen molar-refractivity contribution in [1.29, 1.82) is 0 Å². The second-order valence-electron chi connectivity index (χ2n) is 8.55. The molecule has 2 saturated heterocycles. The van der Waals surface area contributed by atoms with Gasteiger partial charge in [0.1, 0.15) is 5.41 Å². The molecule has 0 bridgehead atoms. The first-order chi connectivity index (χ1) is 14.5. The quantitative estimate of drug-likeness (QED) is 0.844. The molecular weight excluding hydrogens is 378 g/mol. The van der Waals surface area contributed by atoms with Gasteiger partial charge in [-0.1, -0.05) is 35.9 Å². The molecule has 30 heavy (non-hydrogen) atoms. The van der Waals surface area contributed by atoms with E-state index in [1.807, 2.05) is 30.0 Å². The van der Waals surface area contributed by atoms with Gasteiger partial charge in [0.25, 0.3) is 0 Å². The number of amides is 2. The smallest absolute Gasteiger partial charge is 0.233 e. The molecule has 0 aliphatic carbocycles. The number of carbonyl (C=O) groups excluding carboxylic acids is 2. The lowest BCUT2D eigenvalue weighted by Crippen LogP contribution is -2.59. The van der Waals surface area contributed by atoms with E-state index in [0.717, 1.165) is 11.1 Å². The molecule has 1 atom stereocenters. The van der Waals surface area contributed by atoms with Gasteiger partial charge in [0.05, 0.1) is 11.1 Å². The SMILES string of the molecule is Cc1ccc(C2(C(=O)N3CCC[C@@](C(N)=O)(c4ccccn4)C3)CCOCC2)cc1. The van der Waals surface area contributed by atoms with Crippen LogP contribution in [0.1, 0.15) is 42.5 Å². The number of benzene rings is 1. The standard InChI is InChI=1S/C24H29N3O3/c1-18-6-8-19(9-7-18)23(11-15-30-16-12-23)22(29)27-14-4-10-24(17-27,21(25)28)20-5-2-3-13-26-20/h2-3,5-9,13H,4,10-12,14-17H2,1H3,(H2,25,28)/t24-/m0/s1. The van der Waals surface area contributed by atoms with Gasteiger partial charge in [-0.15, -0.1) is 0 Å². The number of aromatic nitrogens is 1. The van der Waals surface area contributed by atoms with Crippen LogP contribution in [0.15, 0.2) is 48.7 Å². The average Bonchev–Trinajstić information content (AvgIpc) is 2.80. The summed E-state index contributed by atoms with van der Waals surface area (Å²) in [5.74, 6) is -0.356. The van der Waals surface area contributed by atoms with Crippen LogP contribution in [0.2, 0.25) is 0 Å². The van der Waals surface area contributed by atoms with E-state index in [1.54, 1.807) is 6.20 Å². The third kappa shape index (κ3) is 3.49. The van der Waals surface area contributed by atoms with Crippen molar-refractivity contribution >= 4 is 11.8 Å². The molecule has 0 spiro atoms. The van der Waals surface area contributed by atoms with E-state index in [9.17, 15) is 9.59 Å². The minimum Gasteiger partial charge on any atom is -0.381 e. The molecule has 2 fully saturated rings. The molecule has 2 aromatic rings. The van der Waals surface area contributed by atoms with Crippen molar-refractivity contribution in [3.05, 3.63) is 65.5 Å². The van der Waals surface area contributed by atoms with Gasteiger partial charge in [-0.05, 0) is 50.3 Å². The Kier molecular flexibility index (Phi) is 5.60. The Morgan fingerprint density at radius 3 is 2.40 bits per heavy atom. The first-order valence-electron chi connectivity index (χ1n) is 10.6. The van der Waals surface area contributed by atoms with Crippen molar-refractivity contribution in [2.24, 2.45) is 5.73 Å². The molecule has 2 N–H and O–H groups in total. The van der Waals surface area contributed by atoms with Crippen molar-refractivity contribution in [1.82, 2.24) is 9.88 Å². The van der Waals surface area contributed by atoms with E-state index < -0.39 is 16.7 Å². The van der Waals surface area contributed by atoms with Crippen LogP contribution in [0.25, 0.3) is 0 Å². The van der Waals surface area contributed by atoms with Gasteiger partial charge in [0.2, 0.25) is 11.8 Å². The number of rotatable bonds is 4. The summed E-state index contributed by atoms with van der Waals surface area (Å²) < 4.78 is 5.60. The molecule has 1 aromatic heterocycles.